The maximum Gasteiger partial charge on any atom is 0.307 e. The second-order valence-electron chi connectivity index (χ2n) is 4.10. The molecule has 0 spiro atoms. The Labute approximate surface area is 100 Å². The van der Waals surface area contributed by atoms with Crippen molar-refractivity contribution < 1.29 is 29.3 Å². The Morgan fingerprint density at radius 2 is 1.82 bits per heavy atom. The van der Waals surface area contributed by atoms with Gasteiger partial charge in [0.25, 0.3) is 0 Å². The van der Waals surface area contributed by atoms with Crippen molar-refractivity contribution in [3.8, 4) is 0 Å². The van der Waals surface area contributed by atoms with Gasteiger partial charge in [-0.25, -0.2) is 0 Å². The molecule has 3 unspecified atom stereocenters. The third-order valence-electron chi connectivity index (χ3n) is 2.75. The van der Waals surface area contributed by atoms with Crippen molar-refractivity contribution in [2.45, 2.75) is 38.8 Å². The third-order valence-corrected chi connectivity index (χ3v) is 5.47. The monoisotopic (exact) mass is 266 g/mol. The summed E-state index contributed by atoms with van der Waals surface area (Å²) in [7, 11) is -3.53. The van der Waals surface area contributed by atoms with Crippen molar-refractivity contribution >= 4 is 19.3 Å². The van der Waals surface area contributed by atoms with Crippen LogP contribution in [0.1, 0.15) is 33.1 Å². The van der Waals surface area contributed by atoms with Gasteiger partial charge in [0.2, 0.25) is 7.37 Å². The Morgan fingerprint density at radius 1 is 1.29 bits per heavy atom. The molecule has 0 amide bonds. The maximum atomic E-state index is 11.8. The van der Waals surface area contributed by atoms with Gasteiger partial charge in [0.05, 0.1) is 5.92 Å². The van der Waals surface area contributed by atoms with E-state index in [1.54, 1.807) is 6.92 Å². The lowest BCUT2D eigenvalue weighted by Crippen LogP contribution is -2.27. The topological polar surface area (TPSA) is 112 Å². The molecule has 6 nitrogen and oxygen atoms in total. The normalized spacial score (nSPS) is 18.1. The van der Waals surface area contributed by atoms with Crippen LogP contribution in [0.4, 0.5) is 0 Å². The van der Waals surface area contributed by atoms with Crippen LogP contribution < -0.4 is 0 Å². The van der Waals surface area contributed by atoms with Crippen LogP contribution in [0.5, 0.6) is 0 Å². The van der Waals surface area contributed by atoms with Crippen LogP contribution in [0.2, 0.25) is 0 Å². The highest BCUT2D eigenvalue weighted by molar-refractivity contribution is 7.58. The first-order chi connectivity index (χ1) is 7.72. The minimum absolute atomic E-state index is 0.0605. The molecule has 0 bridgehead atoms. The molecule has 0 fully saturated rings. The molecular formula is C10H19O6P. The van der Waals surface area contributed by atoms with Gasteiger partial charge in [-0.15, -0.1) is 0 Å². The number of carboxylic acids is 2. The Morgan fingerprint density at radius 3 is 2.18 bits per heavy atom. The number of carboxylic acid groups (broad SMARTS) is 2. The zero-order valence-electron chi connectivity index (χ0n) is 10.00. The van der Waals surface area contributed by atoms with Gasteiger partial charge in [-0.1, -0.05) is 13.8 Å². The van der Waals surface area contributed by atoms with Gasteiger partial charge in [0.15, 0.2) is 0 Å². The minimum atomic E-state index is -3.53. The van der Waals surface area contributed by atoms with Gasteiger partial charge in [0, 0.05) is 18.2 Å². The minimum Gasteiger partial charge on any atom is -0.481 e. The number of hydrogen-bond donors (Lipinski definition) is 3. The van der Waals surface area contributed by atoms with E-state index in [0.29, 0.717) is 6.42 Å². The fraction of sp³-hybridized carbons (Fsp3) is 0.800. The molecule has 0 aliphatic carbocycles. The summed E-state index contributed by atoms with van der Waals surface area (Å²) in [4.78, 5) is 31.1. The second kappa shape index (κ2) is 6.77. The zero-order valence-corrected chi connectivity index (χ0v) is 10.9. The molecule has 0 radical (unpaired) electrons. The maximum absolute atomic E-state index is 11.8. The summed E-state index contributed by atoms with van der Waals surface area (Å²) < 4.78 is 11.8. The van der Waals surface area contributed by atoms with Gasteiger partial charge in [-0.3, -0.25) is 14.2 Å². The number of carbonyl (C=O) groups is 2. The predicted molar refractivity (Wildman–Crippen MR) is 62.4 cm³/mol. The van der Waals surface area contributed by atoms with Crippen molar-refractivity contribution in [1.29, 1.82) is 0 Å². The summed E-state index contributed by atoms with van der Waals surface area (Å²) in [6, 6.07) is 0. The number of rotatable bonds is 8. The van der Waals surface area contributed by atoms with E-state index >= 15 is 0 Å². The molecule has 100 valence electrons. The molecule has 0 aliphatic rings. The van der Waals surface area contributed by atoms with E-state index in [9.17, 15) is 19.0 Å². The molecule has 7 heteroatoms. The highest BCUT2D eigenvalue weighted by Crippen LogP contribution is 2.50. The van der Waals surface area contributed by atoms with Gasteiger partial charge in [0.1, 0.15) is 0 Å². The van der Waals surface area contributed by atoms with Crippen molar-refractivity contribution in [2.75, 3.05) is 6.16 Å². The summed E-state index contributed by atoms with van der Waals surface area (Å²) in [6.45, 7) is 3.14. The lowest BCUT2D eigenvalue weighted by molar-refractivity contribution is -0.142. The second-order valence-corrected chi connectivity index (χ2v) is 6.87. The van der Waals surface area contributed by atoms with Crippen LogP contribution in [0, 0.1) is 5.92 Å². The standard InChI is InChI=1S/C10H19O6P/c1-3-6-17(15,16)7(2)8(10(13)14)4-5-9(11)12/h7-8H,3-6H2,1-2H3,(H,11,12)(H,13,14)(H,15,16). The van der Waals surface area contributed by atoms with Crippen molar-refractivity contribution in [2.24, 2.45) is 5.92 Å². The molecule has 3 atom stereocenters. The fourth-order valence-corrected chi connectivity index (χ4v) is 3.54. The molecule has 0 saturated heterocycles. The lowest BCUT2D eigenvalue weighted by Gasteiger charge is -2.24. The van der Waals surface area contributed by atoms with Crippen molar-refractivity contribution in [3.05, 3.63) is 0 Å². The van der Waals surface area contributed by atoms with Crippen LogP contribution >= 0.6 is 7.37 Å². The first-order valence-corrected chi connectivity index (χ1v) is 7.39. The molecule has 0 saturated carbocycles. The molecule has 17 heavy (non-hydrogen) atoms. The van der Waals surface area contributed by atoms with Crippen LogP contribution in [0.15, 0.2) is 0 Å². The molecule has 0 aromatic rings. The highest BCUT2D eigenvalue weighted by atomic mass is 31.2. The van der Waals surface area contributed by atoms with E-state index in [4.69, 9.17) is 10.2 Å². The van der Waals surface area contributed by atoms with Crippen molar-refractivity contribution in [3.63, 3.8) is 0 Å². The van der Waals surface area contributed by atoms with Gasteiger partial charge < -0.3 is 15.1 Å². The number of hydrogen-bond acceptors (Lipinski definition) is 3. The molecular weight excluding hydrogens is 247 g/mol. The Hall–Kier alpha value is -0.870. The summed E-state index contributed by atoms with van der Waals surface area (Å²) in [6.07, 6.45) is 0.113. The lowest BCUT2D eigenvalue weighted by atomic mass is 10.0. The van der Waals surface area contributed by atoms with E-state index in [2.05, 4.69) is 0 Å². The smallest absolute Gasteiger partial charge is 0.307 e. The van der Waals surface area contributed by atoms with E-state index in [1.807, 2.05) is 0 Å². The zero-order chi connectivity index (χ0) is 13.6. The summed E-state index contributed by atoms with van der Waals surface area (Å²) in [5.41, 5.74) is -0.917. The van der Waals surface area contributed by atoms with Crippen LogP contribution in [0.25, 0.3) is 0 Å². The van der Waals surface area contributed by atoms with Crippen LogP contribution in [-0.2, 0) is 14.2 Å². The molecule has 0 aromatic heterocycles. The SMILES string of the molecule is CCCP(=O)(O)C(C)C(CCC(=O)O)C(=O)O. The molecule has 3 N–H and O–H groups in total. The predicted octanol–water partition coefficient (Wildman–Crippen LogP) is 1.62. The van der Waals surface area contributed by atoms with E-state index in [0.717, 1.165) is 0 Å². The molecule has 0 aromatic carbocycles. The van der Waals surface area contributed by atoms with Crippen LogP contribution in [0.3, 0.4) is 0 Å². The van der Waals surface area contributed by atoms with Gasteiger partial charge in [-0.05, 0) is 12.8 Å². The molecule has 0 rings (SSSR count). The Balaban J connectivity index is 4.76. The van der Waals surface area contributed by atoms with Crippen molar-refractivity contribution in [1.82, 2.24) is 0 Å². The molecule has 0 aliphatic heterocycles. The largest absolute Gasteiger partial charge is 0.481 e. The highest BCUT2D eigenvalue weighted by Gasteiger charge is 2.36. The first kappa shape index (κ1) is 16.1. The Bertz CT molecular complexity index is 327. The summed E-state index contributed by atoms with van der Waals surface area (Å²) >= 11 is 0. The van der Waals surface area contributed by atoms with E-state index < -0.39 is 30.9 Å². The molecule has 0 heterocycles. The van der Waals surface area contributed by atoms with Gasteiger partial charge in [-0.2, -0.15) is 0 Å². The Kier molecular flexibility index (Phi) is 6.42. The number of aliphatic carboxylic acids is 2. The fourth-order valence-electron chi connectivity index (χ4n) is 1.66. The first-order valence-electron chi connectivity index (χ1n) is 5.48. The average Bonchev–Trinajstić information content (AvgIpc) is 2.16. The van der Waals surface area contributed by atoms with Crippen LogP contribution in [-0.4, -0.2) is 38.9 Å². The third kappa shape index (κ3) is 5.33. The summed E-state index contributed by atoms with van der Waals surface area (Å²) in [5.74, 6) is -3.41. The van der Waals surface area contributed by atoms with E-state index in [1.165, 1.54) is 6.92 Å². The average molecular weight is 266 g/mol. The quantitative estimate of drug-likeness (QED) is 0.575. The van der Waals surface area contributed by atoms with E-state index in [-0.39, 0.29) is 19.0 Å². The van der Waals surface area contributed by atoms with Gasteiger partial charge >= 0.3 is 11.9 Å². The summed E-state index contributed by atoms with van der Waals surface area (Å²) in [5, 5.41) is 17.5.